The van der Waals surface area contributed by atoms with Crippen LogP contribution in [0.15, 0.2) is 30.9 Å². The third kappa shape index (κ3) is 4.36. The van der Waals surface area contributed by atoms with E-state index in [4.69, 9.17) is 0 Å². The molecule has 148 valence electrons. The molecule has 0 saturated heterocycles. The number of hydrogen-bond donors (Lipinski definition) is 2. The van der Waals surface area contributed by atoms with Crippen molar-refractivity contribution in [1.29, 1.82) is 0 Å². The van der Waals surface area contributed by atoms with Gasteiger partial charge in [0, 0.05) is 24.5 Å². The van der Waals surface area contributed by atoms with Gasteiger partial charge in [-0.1, -0.05) is 0 Å². The average molecular weight is 395 g/mol. The lowest BCUT2D eigenvalue weighted by Gasteiger charge is -2.08. The van der Waals surface area contributed by atoms with Gasteiger partial charge in [-0.15, -0.1) is 13.2 Å². The van der Waals surface area contributed by atoms with Crippen molar-refractivity contribution in [3.63, 3.8) is 0 Å². The normalized spacial score (nSPS) is 11.7. The highest BCUT2D eigenvalue weighted by molar-refractivity contribution is 6.05. The van der Waals surface area contributed by atoms with E-state index in [9.17, 15) is 23.1 Å². The van der Waals surface area contributed by atoms with Gasteiger partial charge in [0.25, 0.3) is 5.91 Å². The van der Waals surface area contributed by atoms with Crippen molar-refractivity contribution in [1.82, 2.24) is 24.8 Å². The number of hydrogen-bond acceptors (Lipinski definition) is 6. The fraction of sp³-hybridized carbons (Fsp3) is 0.294. The molecule has 28 heavy (non-hydrogen) atoms. The summed E-state index contributed by atoms with van der Waals surface area (Å²) in [5.74, 6) is -0.710. The number of amides is 1. The molecule has 3 heterocycles. The highest BCUT2D eigenvalue weighted by Gasteiger charge is 2.28. The Labute approximate surface area is 157 Å². The molecular formula is C17H16F3N5O3. The Bertz CT molecular complexity index is 1000. The molecule has 0 aliphatic carbocycles. The summed E-state index contributed by atoms with van der Waals surface area (Å²) >= 11 is 0. The Morgan fingerprint density at radius 3 is 2.86 bits per heavy atom. The Morgan fingerprint density at radius 2 is 2.11 bits per heavy atom. The number of rotatable bonds is 6. The van der Waals surface area contributed by atoms with Crippen LogP contribution in [0.25, 0.3) is 11.0 Å². The van der Waals surface area contributed by atoms with Crippen LogP contribution < -0.4 is 5.32 Å². The number of fused-ring (bicyclic) bond motifs is 1. The highest BCUT2D eigenvalue weighted by Crippen LogP contribution is 2.22. The molecule has 0 unspecified atom stereocenters. The van der Waals surface area contributed by atoms with Gasteiger partial charge in [0.1, 0.15) is 11.8 Å². The van der Waals surface area contributed by atoms with Crippen molar-refractivity contribution in [2.24, 2.45) is 0 Å². The van der Waals surface area contributed by atoms with Crippen LogP contribution in [0.5, 0.6) is 5.88 Å². The monoisotopic (exact) mass is 395 g/mol. The van der Waals surface area contributed by atoms with Crippen LogP contribution >= 0.6 is 0 Å². The number of aromatic nitrogens is 4. The van der Waals surface area contributed by atoms with Crippen LogP contribution in [0.4, 0.5) is 13.2 Å². The second kappa shape index (κ2) is 7.80. The van der Waals surface area contributed by atoms with Crippen molar-refractivity contribution >= 4 is 16.9 Å². The number of pyridine rings is 1. The van der Waals surface area contributed by atoms with E-state index in [0.29, 0.717) is 22.3 Å². The zero-order valence-corrected chi connectivity index (χ0v) is 14.7. The number of nitrogens with zero attached hydrogens (tertiary/aromatic N) is 4. The summed E-state index contributed by atoms with van der Waals surface area (Å²) in [6.45, 7) is 0.912. The van der Waals surface area contributed by atoms with Crippen molar-refractivity contribution in [2.45, 2.75) is 19.8 Å². The van der Waals surface area contributed by atoms with E-state index in [2.05, 4.69) is 25.0 Å². The fourth-order valence-electron chi connectivity index (χ4n) is 2.64. The topological polar surface area (TPSA) is 102 Å². The highest BCUT2D eigenvalue weighted by atomic mass is 19.4. The van der Waals surface area contributed by atoms with Gasteiger partial charge in [-0.3, -0.25) is 14.5 Å². The molecule has 0 bridgehead atoms. The first-order valence-electron chi connectivity index (χ1n) is 8.18. The number of nitrogens with one attached hydrogen (secondary N) is 1. The summed E-state index contributed by atoms with van der Waals surface area (Å²) in [6.07, 6.45) is -0.465. The fourth-order valence-corrected chi connectivity index (χ4v) is 2.64. The van der Waals surface area contributed by atoms with Gasteiger partial charge in [-0.05, 0) is 19.1 Å². The minimum absolute atomic E-state index is 0.137. The molecule has 0 aromatic carbocycles. The molecule has 0 radical (unpaired) electrons. The molecule has 0 spiro atoms. The maximum Gasteiger partial charge on any atom is 0.522 e. The molecule has 2 N–H and O–H groups in total. The summed E-state index contributed by atoms with van der Waals surface area (Å²) in [6, 6.07) is 3.45. The molecule has 11 heteroatoms. The van der Waals surface area contributed by atoms with Gasteiger partial charge in [0.15, 0.2) is 0 Å². The van der Waals surface area contributed by atoms with Crippen LogP contribution in [0.3, 0.4) is 0 Å². The van der Waals surface area contributed by atoms with Crippen molar-refractivity contribution in [3.8, 4) is 5.88 Å². The van der Waals surface area contributed by atoms with E-state index in [1.54, 1.807) is 23.6 Å². The molecular weight excluding hydrogens is 379 g/mol. The van der Waals surface area contributed by atoms with E-state index in [1.165, 1.54) is 18.7 Å². The third-order valence-electron chi connectivity index (χ3n) is 4.02. The number of carbonyl (C=O) groups excluding carboxylic acids is 1. The maximum atomic E-state index is 12.4. The van der Waals surface area contributed by atoms with Gasteiger partial charge >= 0.3 is 6.36 Å². The second-order valence-electron chi connectivity index (χ2n) is 5.86. The lowest BCUT2D eigenvalue weighted by atomic mass is 10.2. The Morgan fingerprint density at radius 1 is 1.32 bits per heavy atom. The van der Waals surface area contributed by atoms with Crippen LogP contribution in [-0.4, -0.2) is 50.0 Å². The van der Waals surface area contributed by atoms with Crippen LogP contribution in [0.1, 0.15) is 21.6 Å². The summed E-state index contributed by atoms with van der Waals surface area (Å²) < 4.78 is 41.4. The van der Waals surface area contributed by atoms with E-state index >= 15 is 0 Å². The summed E-state index contributed by atoms with van der Waals surface area (Å²) in [4.78, 5) is 24.4. The average Bonchev–Trinajstić information content (AvgIpc) is 3.00. The predicted octanol–water partition coefficient (Wildman–Crippen LogP) is 2.15. The maximum absolute atomic E-state index is 12.4. The van der Waals surface area contributed by atoms with E-state index < -0.39 is 18.9 Å². The molecule has 1 amide bonds. The van der Waals surface area contributed by atoms with Crippen molar-refractivity contribution < 1.29 is 27.8 Å². The van der Waals surface area contributed by atoms with Crippen molar-refractivity contribution in [3.05, 3.63) is 47.7 Å². The first-order chi connectivity index (χ1) is 13.3. The zero-order chi connectivity index (χ0) is 20.3. The summed E-state index contributed by atoms with van der Waals surface area (Å²) in [5.41, 5.74) is 2.30. The van der Waals surface area contributed by atoms with Crippen LogP contribution in [0, 0.1) is 6.92 Å². The lowest BCUT2D eigenvalue weighted by Crippen LogP contribution is -2.29. The quantitative estimate of drug-likeness (QED) is 0.620. The van der Waals surface area contributed by atoms with E-state index in [-0.39, 0.29) is 24.5 Å². The summed E-state index contributed by atoms with van der Waals surface area (Å²) in [7, 11) is 0. The van der Waals surface area contributed by atoms with Crippen LogP contribution in [-0.2, 0) is 11.3 Å². The van der Waals surface area contributed by atoms with Gasteiger partial charge in [-0.25, -0.2) is 9.97 Å². The minimum Gasteiger partial charge on any atom is -0.493 e. The smallest absolute Gasteiger partial charge is 0.493 e. The Kier molecular flexibility index (Phi) is 5.45. The molecule has 0 fully saturated rings. The predicted molar refractivity (Wildman–Crippen MR) is 91.6 cm³/mol. The number of carbonyl (C=O) groups is 1. The number of halogens is 3. The molecule has 0 atom stereocenters. The second-order valence-corrected chi connectivity index (χ2v) is 5.86. The Hall–Kier alpha value is -3.21. The van der Waals surface area contributed by atoms with Gasteiger partial charge in [-0.2, -0.15) is 0 Å². The van der Waals surface area contributed by atoms with Crippen molar-refractivity contribution in [2.75, 3.05) is 13.2 Å². The van der Waals surface area contributed by atoms with Gasteiger partial charge in [0.05, 0.1) is 29.9 Å². The van der Waals surface area contributed by atoms with Gasteiger partial charge in [0.2, 0.25) is 5.88 Å². The first-order valence-corrected chi connectivity index (χ1v) is 8.18. The first kappa shape index (κ1) is 19.5. The summed E-state index contributed by atoms with van der Waals surface area (Å²) in [5, 5.41) is 12.1. The largest absolute Gasteiger partial charge is 0.522 e. The van der Waals surface area contributed by atoms with Gasteiger partial charge < -0.3 is 15.0 Å². The number of aromatic hydroxyl groups is 1. The van der Waals surface area contributed by atoms with Crippen LogP contribution in [0.2, 0.25) is 0 Å². The molecule has 0 aliphatic heterocycles. The van der Waals surface area contributed by atoms with E-state index in [1.807, 2.05) is 0 Å². The molecule has 3 aromatic heterocycles. The molecule has 0 aliphatic rings. The third-order valence-corrected chi connectivity index (χ3v) is 4.02. The lowest BCUT2D eigenvalue weighted by molar-refractivity contribution is -0.323. The Balaban J connectivity index is 1.82. The zero-order valence-electron chi connectivity index (χ0n) is 14.7. The molecule has 3 rings (SSSR count). The molecule has 3 aromatic rings. The molecule has 8 nitrogen and oxygen atoms in total. The minimum atomic E-state index is -4.75. The number of ether oxygens (including phenoxy) is 1. The SMILES string of the molecule is Cc1c(O)ncnc1Cn1cc(C(=O)NCCOC(F)(F)F)c2ncccc21. The van der Waals surface area contributed by atoms with E-state index in [0.717, 1.165) is 0 Å². The molecule has 0 saturated carbocycles. The number of alkyl halides is 3. The standard InChI is InChI=1S/C17H16F3N5O3/c1-10-12(23-9-24-15(10)26)8-25-7-11(14-13(25)3-2-4-21-14)16(27)22-5-6-28-17(18,19)20/h2-4,7,9H,5-6,8H2,1H3,(H,22,27)(H,23,24,26).